The number of nitro groups is 1. The minimum Gasteiger partial charge on any atom is -0.473 e. The van der Waals surface area contributed by atoms with Crippen LogP contribution in [-0.4, -0.2) is 21.7 Å². The van der Waals surface area contributed by atoms with Gasteiger partial charge in [-0.3, -0.25) is 10.1 Å². The maximum atomic E-state index is 10.3. The summed E-state index contributed by atoms with van der Waals surface area (Å²) in [5, 5.41) is 16.2. The minimum absolute atomic E-state index is 0.122. The quantitative estimate of drug-likeness (QED) is 0.543. The summed E-state index contributed by atoms with van der Waals surface area (Å²) in [6.07, 6.45) is 1.93. The first-order valence-corrected chi connectivity index (χ1v) is 3.56. The van der Waals surface area contributed by atoms with Crippen LogP contribution in [0.15, 0.2) is 6.20 Å². The van der Waals surface area contributed by atoms with Gasteiger partial charge in [-0.2, -0.15) is 5.10 Å². The molecular weight excluding hydrogens is 162 g/mol. The summed E-state index contributed by atoms with van der Waals surface area (Å²) in [6.45, 7) is 2.37. The molecule has 0 saturated heterocycles. The molecule has 1 aromatic rings. The fourth-order valence-electron chi connectivity index (χ4n) is 0.708. The van der Waals surface area contributed by atoms with Crippen molar-refractivity contribution in [3.63, 3.8) is 0 Å². The largest absolute Gasteiger partial charge is 0.473 e. The Morgan fingerprint density at radius 1 is 1.83 bits per heavy atom. The van der Waals surface area contributed by atoms with Gasteiger partial charge in [0, 0.05) is 0 Å². The lowest BCUT2D eigenvalue weighted by molar-refractivity contribution is -0.385. The Hall–Kier alpha value is -1.59. The van der Waals surface area contributed by atoms with Crippen molar-refractivity contribution in [2.24, 2.45) is 0 Å². The van der Waals surface area contributed by atoms with Crippen molar-refractivity contribution >= 4 is 5.69 Å². The van der Waals surface area contributed by atoms with Crippen LogP contribution in [0.1, 0.15) is 13.3 Å². The van der Waals surface area contributed by atoms with Crippen molar-refractivity contribution in [1.82, 2.24) is 10.2 Å². The van der Waals surface area contributed by atoms with Gasteiger partial charge in [-0.05, 0) is 6.42 Å². The van der Waals surface area contributed by atoms with Gasteiger partial charge >= 0.3 is 5.69 Å². The second-order valence-corrected chi connectivity index (χ2v) is 2.19. The molecular formula is C6H9N3O3. The zero-order valence-corrected chi connectivity index (χ0v) is 6.61. The van der Waals surface area contributed by atoms with E-state index in [-0.39, 0.29) is 11.6 Å². The lowest BCUT2D eigenvalue weighted by Crippen LogP contribution is -1.98. The summed E-state index contributed by atoms with van der Waals surface area (Å²) >= 11 is 0. The highest BCUT2D eigenvalue weighted by molar-refractivity contribution is 5.37. The Kier molecular flexibility index (Phi) is 2.62. The SMILES string of the molecule is CCCOc1[nH]ncc1[N+](=O)[O-]. The number of H-pyrrole nitrogens is 1. The van der Waals surface area contributed by atoms with Crippen molar-refractivity contribution < 1.29 is 9.66 Å². The molecule has 66 valence electrons. The first-order valence-electron chi connectivity index (χ1n) is 3.56. The molecule has 0 amide bonds. The van der Waals surface area contributed by atoms with Crippen molar-refractivity contribution in [1.29, 1.82) is 0 Å². The molecule has 0 unspecified atom stereocenters. The third-order valence-corrected chi connectivity index (χ3v) is 1.23. The van der Waals surface area contributed by atoms with Gasteiger partial charge in [0.1, 0.15) is 6.20 Å². The van der Waals surface area contributed by atoms with Crippen molar-refractivity contribution in [2.45, 2.75) is 13.3 Å². The zero-order valence-electron chi connectivity index (χ0n) is 6.61. The maximum Gasteiger partial charge on any atom is 0.350 e. The molecule has 1 heterocycles. The van der Waals surface area contributed by atoms with Crippen molar-refractivity contribution in [3.8, 4) is 5.88 Å². The van der Waals surface area contributed by atoms with Crippen LogP contribution in [0.2, 0.25) is 0 Å². The molecule has 0 aliphatic rings. The molecule has 0 aromatic carbocycles. The Labute approximate surface area is 68.7 Å². The Morgan fingerprint density at radius 3 is 3.17 bits per heavy atom. The minimum atomic E-state index is -0.533. The van der Waals surface area contributed by atoms with E-state index >= 15 is 0 Å². The highest BCUT2D eigenvalue weighted by Gasteiger charge is 2.16. The van der Waals surface area contributed by atoms with Crippen LogP contribution in [0, 0.1) is 10.1 Å². The number of hydrogen-bond donors (Lipinski definition) is 1. The van der Waals surface area contributed by atoms with Crippen molar-refractivity contribution in [2.75, 3.05) is 6.61 Å². The van der Waals surface area contributed by atoms with E-state index in [1.807, 2.05) is 6.92 Å². The summed E-state index contributed by atoms with van der Waals surface area (Å²) in [6, 6.07) is 0. The van der Waals surface area contributed by atoms with Crippen LogP contribution in [0.5, 0.6) is 5.88 Å². The van der Waals surface area contributed by atoms with Gasteiger partial charge in [0.2, 0.25) is 0 Å². The molecule has 1 aromatic heterocycles. The molecule has 1 N–H and O–H groups in total. The molecule has 0 aliphatic heterocycles. The van der Waals surface area contributed by atoms with Crippen molar-refractivity contribution in [3.05, 3.63) is 16.3 Å². The number of aromatic nitrogens is 2. The van der Waals surface area contributed by atoms with E-state index in [9.17, 15) is 10.1 Å². The van der Waals surface area contributed by atoms with E-state index in [0.717, 1.165) is 12.6 Å². The summed E-state index contributed by atoms with van der Waals surface area (Å²) in [5.74, 6) is 0.127. The van der Waals surface area contributed by atoms with Gasteiger partial charge in [-0.1, -0.05) is 6.92 Å². The zero-order chi connectivity index (χ0) is 8.97. The molecule has 0 saturated carbocycles. The average molecular weight is 171 g/mol. The van der Waals surface area contributed by atoms with Gasteiger partial charge in [0.25, 0.3) is 5.88 Å². The second kappa shape index (κ2) is 3.70. The molecule has 6 heteroatoms. The topological polar surface area (TPSA) is 81.0 Å². The summed E-state index contributed by atoms with van der Waals surface area (Å²) in [5.41, 5.74) is -0.122. The van der Waals surface area contributed by atoms with Crippen LogP contribution in [0.4, 0.5) is 5.69 Å². The first kappa shape index (κ1) is 8.51. The van der Waals surface area contributed by atoms with Crippen LogP contribution in [0.3, 0.4) is 0 Å². The smallest absolute Gasteiger partial charge is 0.350 e. The fourth-order valence-corrected chi connectivity index (χ4v) is 0.708. The normalized spacial score (nSPS) is 9.75. The van der Waals surface area contributed by atoms with Gasteiger partial charge in [-0.25, -0.2) is 5.10 Å². The molecule has 0 spiro atoms. The molecule has 12 heavy (non-hydrogen) atoms. The molecule has 6 nitrogen and oxygen atoms in total. The number of rotatable bonds is 4. The number of ether oxygens (including phenoxy) is 1. The molecule has 0 radical (unpaired) electrons. The number of nitrogens with one attached hydrogen (secondary N) is 1. The first-order chi connectivity index (χ1) is 5.75. The Bertz CT molecular complexity index is 271. The molecule has 0 bridgehead atoms. The summed E-state index contributed by atoms with van der Waals surface area (Å²) < 4.78 is 5.03. The predicted molar refractivity (Wildman–Crippen MR) is 41.0 cm³/mol. The Balaban J connectivity index is 2.70. The standard InChI is InChI=1S/C6H9N3O3/c1-2-3-12-6-5(9(10)11)4-7-8-6/h4H,2-3H2,1H3,(H,7,8). The maximum absolute atomic E-state index is 10.3. The van der Waals surface area contributed by atoms with Crippen LogP contribution >= 0.6 is 0 Å². The van der Waals surface area contributed by atoms with Crippen LogP contribution in [-0.2, 0) is 0 Å². The number of aromatic amines is 1. The lowest BCUT2D eigenvalue weighted by atomic mass is 10.5. The van der Waals surface area contributed by atoms with E-state index in [1.54, 1.807) is 0 Å². The molecule has 0 aliphatic carbocycles. The Morgan fingerprint density at radius 2 is 2.58 bits per heavy atom. The monoisotopic (exact) mass is 171 g/mol. The molecule has 1 rings (SSSR count). The van der Waals surface area contributed by atoms with E-state index in [2.05, 4.69) is 10.2 Å². The molecule has 0 fully saturated rings. The highest BCUT2D eigenvalue weighted by atomic mass is 16.6. The third kappa shape index (κ3) is 1.71. The summed E-state index contributed by atoms with van der Waals surface area (Å²) in [4.78, 5) is 9.78. The number of nitrogens with zero attached hydrogens (tertiary/aromatic N) is 2. The van der Waals surface area contributed by atoms with Crippen LogP contribution in [0.25, 0.3) is 0 Å². The second-order valence-electron chi connectivity index (χ2n) is 2.19. The van der Waals surface area contributed by atoms with Gasteiger partial charge in [0.05, 0.1) is 11.5 Å². The van der Waals surface area contributed by atoms with E-state index in [0.29, 0.717) is 6.61 Å². The van der Waals surface area contributed by atoms with E-state index < -0.39 is 4.92 Å². The van der Waals surface area contributed by atoms with E-state index in [1.165, 1.54) is 0 Å². The van der Waals surface area contributed by atoms with Crippen LogP contribution < -0.4 is 4.74 Å². The summed E-state index contributed by atoms with van der Waals surface area (Å²) in [7, 11) is 0. The van der Waals surface area contributed by atoms with Gasteiger partial charge in [-0.15, -0.1) is 0 Å². The fraction of sp³-hybridized carbons (Fsp3) is 0.500. The molecule has 0 atom stereocenters. The highest BCUT2D eigenvalue weighted by Crippen LogP contribution is 2.22. The lowest BCUT2D eigenvalue weighted by Gasteiger charge is -1.98. The average Bonchev–Trinajstić information content (AvgIpc) is 2.48. The van der Waals surface area contributed by atoms with E-state index in [4.69, 9.17) is 4.74 Å². The number of hydrogen-bond acceptors (Lipinski definition) is 4. The predicted octanol–water partition coefficient (Wildman–Crippen LogP) is 1.11. The van der Waals surface area contributed by atoms with Gasteiger partial charge in [0.15, 0.2) is 0 Å². The van der Waals surface area contributed by atoms with Gasteiger partial charge < -0.3 is 4.74 Å². The third-order valence-electron chi connectivity index (χ3n) is 1.23.